The van der Waals surface area contributed by atoms with Gasteiger partial charge in [-0.3, -0.25) is 4.79 Å². The average molecular weight is 470 g/mol. The van der Waals surface area contributed by atoms with Crippen molar-refractivity contribution in [3.8, 4) is 0 Å². The molecule has 1 N–H and O–H groups in total. The minimum Gasteiger partial charge on any atom is -0.325 e. The van der Waals surface area contributed by atoms with Gasteiger partial charge in [-0.15, -0.1) is 0 Å². The highest BCUT2D eigenvalue weighted by atomic mass is 32.2. The zero-order valence-electron chi connectivity index (χ0n) is 18.5. The summed E-state index contributed by atoms with van der Waals surface area (Å²) in [6.07, 6.45) is 1.82. The van der Waals surface area contributed by atoms with Crippen molar-refractivity contribution in [3.63, 3.8) is 0 Å². The second-order valence-electron chi connectivity index (χ2n) is 8.22. The number of rotatable bonds is 6. The Hall–Kier alpha value is -2.42. The number of anilines is 1. The minimum absolute atomic E-state index is 0.0893. The van der Waals surface area contributed by atoms with E-state index in [2.05, 4.69) is 10.3 Å². The SMILES string of the molecule is Cc1ccc(NC(=O)CSc2cc(C)c3cc(S(=O)(=O)N4CCCC4)ccc3n2)c(C)c1. The van der Waals surface area contributed by atoms with Gasteiger partial charge in [-0.2, -0.15) is 4.31 Å². The van der Waals surface area contributed by atoms with Gasteiger partial charge in [0.25, 0.3) is 0 Å². The maximum Gasteiger partial charge on any atom is 0.243 e. The van der Waals surface area contributed by atoms with Gasteiger partial charge < -0.3 is 5.32 Å². The lowest BCUT2D eigenvalue weighted by molar-refractivity contribution is -0.113. The quantitative estimate of drug-likeness (QED) is 0.531. The van der Waals surface area contributed by atoms with Crippen LogP contribution in [0.4, 0.5) is 5.69 Å². The molecule has 1 aliphatic heterocycles. The van der Waals surface area contributed by atoms with Crippen LogP contribution in [0.3, 0.4) is 0 Å². The molecule has 2 aromatic carbocycles. The van der Waals surface area contributed by atoms with Gasteiger partial charge in [-0.05, 0) is 75.1 Å². The summed E-state index contributed by atoms with van der Waals surface area (Å²) in [6, 6.07) is 12.9. The average Bonchev–Trinajstić information content (AvgIpc) is 3.30. The van der Waals surface area contributed by atoms with Crippen molar-refractivity contribution in [1.82, 2.24) is 9.29 Å². The number of benzene rings is 2. The van der Waals surface area contributed by atoms with Crippen LogP contribution in [0.1, 0.15) is 29.5 Å². The fourth-order valence-electron chi connectivity index (χ4n) is 3.93. The highest BCUT2D eigenvalue weighted by Crippen LogP contribution is 2.28. The number of carbonyl (C=O) groups is 1. The summed E-state index contributed by atoms with van der Waals surface area (Å²) in [6.45, 7) is 7.10. The maximum absolute atomic E-state index is 12.9. The zero-order chi connectivity index (χ0) is 22.9. The molecular weight excluding hydrogens is 442 g/mol. The van der Waals surface area contributed by atoms with Crippen LogP contribution < -0.4 is 5.32 Å². The van der Waals surface area contributed by atoms with Gasteiger partial charge in [0.1, 0.15) is 0 Å². The molecule has 1 amide bonds. The lowest BCUT2D eigenvalue weighted by Gasteiger charge is -2.16. The standard InChI is InChI=1S/C24H27N3O3S2/c1-16-6-8-21(18(3)12-16)25-23(28)15-31-24-13-17(2)20-14-19(7-9-22(20)26-24)32(29,30)27-10-4-5-11-27/h6-9,12-14H,4-5,10-11,15H2,1-3H3,(H,25,28). The van der Waals surface area contributed by atoms with Crippen molar-refractivity contribution in [1.29, 1.82) is 0 Å². The highest BCUT2D eigenvalue weighted by molar-refractivity contribution is 7.99. The van der Waals surface area contributed by atoms with E-state index in [-0.39, 0.29) is 11.7 Å². The first-order valence-electron chi connectivity index (χ1n) is 10.7. The molecule has 4 rings (SSSR count). The van der Waals surface area contributed by atoms with Crippen molar-refractivity contribution in [2.45, 2.75) is 43.5 Å². The van der Waals surface area contributed by atoms with E-state index >= 15 is 0 Å². The molecule has 0 bridgehead atoms. The molecule has 1 aromatic heterocycles. The number of nitrogens with one attached hydrogen (secondary N) is 1. The van der Waals surface area contributed by atoms with Crippen molar-refractivity contribution in [2.24, 2.45) is 0 Å². The highest BCUT2D eigenvalue weighted by Gasteiger charge is 2.27. The number of thioether (sulfide) groups is 1. The minimum atomic E-state index is -3.47. The first-order valence-corrected chi connectivity index (χ1v) is 13.1. The number of aromatic nitrogens is 1. The summed E-state index contributed by atoms with van der Waals surface area (Å²) in [4.78, 5) is 17.4. The van der Waals surface area contributed by atoms with Gasteiger partial charge in [0.05, 0.1) is 21.2 Å². The number of sulfonamides is 1. The largest absolute Gasteiger partial charge is 0.325 e. The summed E-state index contributed by atoms with van der Waals surface area (Å²) in [5.41, 5.74) is 4.66. The molecule has 0 atom stereocenters. The van der Waals surface area contributed by atoms with Gasteiger partial charge in [-0.25, -0.2) is 13.4 Å². The van der Waals surface area contributed by atoms with E-state index in [1.807, 2.05) is 45.0 Å². The van der Waals surface area contributed by atoms with Gasteiger partial charge in [-0.1, -0.05) is 29.5 Å². The number of pyridine rings is 1. The summed E-state index contributed by atoms with van der Waals surface area (Å²) in [5, 5.41) is 4.50. The normalized spacial score (nSPS) is 14.7. The van der Waals surface area contributed by atoms with Crippen LogP contribution in [0.5, 0.6) is 0 Å². The number of carbonyl (C=O) groups excluding carboxylic acids is 1. The predicted molar refractivity (Wildman–Crippen MR) is 130 cm³/mol. The molecule has 1 saturated heterocycles. The van der Waals surface area contributed by atoms with Crippen molar-refractivity contribution < 1.29 is 13.2 Å². The maximum atomic E-state index is 12.9. The molecule has 6 nitrogen and oxygen atoms in total. The number of amides is 1. The van der Waals surface area contributed by atoms with E-state index in [1.165, 1.54) is 11.8 Å². The molecule has 0 saturated carbocycles. The van der Waals surface area contributed by atoms with Crippen LogP contribution in [-0.4, -0.2) is 42.5 Å². The Morgan fingerprint density at radius 1 is 1.03 bits per heavy atom. The smallest absolute Gasteiger partial charge is 0.243 e. The van der Waals surface area contributed by atoms with E-state index < -0.39 is 10.0 Å². The summed E-state index contributed by atoms with van der Waals surface area (Å²) < 4.78 is 27.3. The van der Waals surface area contributed by atoms with E-state index in [0.29, 0.717) is 18.0 Å². The van der Waals surface area contributed by atoms with Gasteiger partial charge in [0.2, 0.25) is 15.9 Å². The summed E-state index contributed by atoms with van der Waals surface area (Å²) in [5.74, 6) is 0.153. The Labute approximate surface area is 193 Å². The van der Waals surface area contributed by atoms with E-state index in [0.717, 1.165) is 51.1 Å². The van der Waals surface area contributed by atoms with Gasteiger partial charge in [0, 0.05) is 24.2 Å². The predicted octanol–water partition coefficient (Wildman–Crippen LogP) is 4.68. The van der Waals surface area contributed by atoms with Crippen molar-refractivity contribution >= 4 is 44.3 Å². The third-order valence-electron chi connectivity index (χ3n) is 5.67. The molecule has 2 heterocycles. The second-order valence-corrected chi connectivity index (χ2v) is 11.2. The molecule has 0 spiro atoms. The molecule has 0 unspecified atom stereocenters. The molecule has 8 heteroatoms. The number of fused-ring (bicyclic) bond motifs is 1. The van der Waals surface area contributed by atoms with E-state index in [1.54, 1.807) is 22.5 Å². The fourth-order valence-corrected chi connectivity index (χ4v) is 6.25. The first-order chi connectivity index (χ1) is 15.2. The monoisotopic (exact) mass is 469 g/mol. The molecule has 168 valence electrons. The Bertz CT molecular complexity index is 1280. The Morgan fingerprint density at radius 3 is 2.50 bits per heavy atom. The number of hydrogen-bond acceptors (Lipinski definition) is 5. The third-order valence-corrected chi connectivity index (χ3v) is 8.48. The molecule has 32 heavy (non-hydrogen) atoms. The Kier molecular flexibility index (Phi) is 6.55. The molecule has 1 fully saturated rings. The van der Waals surface area contributed by atoms with Crippen LogP contribution in [-0.2, 0) is 14.8 Å². The van der Waals surface area contributed by atoms with Crippen molar-refractivity contribution in [3.05, 3.63) is 59.2 Å². The number of aryl methyl sites for hydroxylation is 3. The molecular formula is C24H27N3O3S2. The van der Waals surface area contributed by atoms with Crippen LogP contribution in [0.2, 0.25) is 0 Å². The zero-order valence-corrected chi connectivity index (χ0v) is 20.1. The van der Waals surface area contributed by atoms with E-state index in [9.17, 15) is 13.2 Å². The van der Waals surface area contributed by atoms with Crippen LogP contribution in [0.15, 0.2) is 52.4 Å². The van der Waals surface area contributed by atoms with Crippen molar-refractivity contribution in [2.75, 3.05) is 24.2 Å². The molecule has 1 aliphatic rings. The van der Waals surface area contributed by atoms with Crippen LogP contribution >= 0.6 is 11.8 Å². The topological polar surface area (TPSA) is 79.4 Å². The lowest BCUT2D eigenvalue weighted by Crippen LogP contribution is -2.27. The first kappa shape index (κ1) is 22.8. The Balaban J connectivity index is 1.49. The number of nitrogens with zero attached hydrogens (tertiary/aromatic N) is 2. The van der Waals surface area contributed by atoms with Crippen LogP contribution in [0.25, 0.3) is 10.9 Å². The third kappa shape index (κ3) is 4.82. The lowest BCUT2D eigenvalue weighted by atomic mass is 10.1. The van der Waals surface area contributed by atoms with E-state index in [4.69, 9.17) is 0 Å². The molecule has 3 aromatic rings. The van der Waals surface area contributed by atoms with Gasteiger partial charge >= 0.3 is 0 Å². The summed E-state index contributed by atoms with van der Waals surface area (Å²) in [7, 11) is -3.47. The summed E-state index contributed by atoms with van der Waals surface area (Å²) >= 11 is 1.37. The van der Waals surface area contributed by atoms with Crippen LogP contribution in [0, 0.1) is 20.8 Å². The van der Waals surface area contributed by atoms with Gasteiger partial charge in [0.15, 0.2) is 0 Å². The number of hydrogen-bond donors (Lipinski definition) is 1. The molecule has 0 aliphatic carbocycles. The molecule has 0 radical (unpaired) electrons. The second kappa shape index (κ2) is 9.21. The fraction of sp³-hybridized carbons (Fsp3) is 0.333. The Morgan fingerprint density at radius 2 is 1.78 bits per heavy atom.